The molecule has 1 heterocycles. The molecule has 1 aromatic carbocycles. The molecular weight excluding hydrogens is 320 g/mol. The van der Waals surface area contributed by atoms with Crippen molar-refractivity contribution >= 4 is 17.2 Å². The Bertz CT molecular complexity index is 695. The summed E-state index contributed by atoms with van der Waals surface area (Å²) >= 11 is 1.54. The van der Waals surface area contributed by atoms with Gasteiger partial charge in [-0.1, -0.05) is 17.7 Å². The second kappa shape index (κ2) is 8.64. The number of hydrogen-bond donors (Lipinski definition) is 1. The molecule has 0 fully saturated rings. The van der Waals surface area contributed by atoms with Gasteiger partial charge in [0.2, 0.25) is 0 Å². The zero-order chi connectivity index (χ0) is 16.6. The van der Waals surface area contributed by atoms with Gasteiger partial charge in [-0.15, -0.1) is 11.3 Å². The summed E-state index contributed by atoms with van der Waals surface area (Å²) in [5.41, 5.74) is 4.78. The molecule has 0 aliphatic heterocycles. The van der Waals surface area contributed by atoms with Crippen molar-refractivity contribution in [2.75, 3.05) is 6.54 Å². The highest BCUT2D eigenvalue weighted by molar-refractivity contribution is 7.07. The normalized spacial score (nSPS) is 14.1. The van der Waals surface area contributed by atoms with Crippen molar-refractivity contribution in [1.29, 1.82) is 0 Å². The molecule has 0 saturated carbocycles. The van der Waals surface area contributed by atoms with Crippen LogP contribution in [0.5, 0.6) is 5.75 Å². The van der Waals surface area contributed by atoms with E-state index >= 15 is 0 Å². The van der Waals surface area contributed by atoms with Crippen LogP contribution in [0.25, 0.3) is 0 Å². The van der Waals surface area contributed by atoms with E-state index in [1.54, 1.807) is 22.9 Å². The standard InChI is InChI=1S/C19H22N2O2S/c22-19(20-10-9-15-5-2-1-3-6-15)16-7-4-8-18(11-16)23-12-17-13-24-14-21-17/h4-5,7-8,11,13-14H,1-3,6,9-10,12H2,(H,20,22). The number of ether oxygens (including phenoxy) is 1. The summed E-state index contributed by atoms with van der Waals surface area (Å²) in [5, 5.41) is 4.95. The zero-order valence-corrected chi connectivity index (χ0v) is 14.5. The van der Waals surface area contributed by atoms with Crippen LogP contribution in [0, 0.1) is 0 Å². The molecule has 4 nitrogen and oxygen atoms in total. The molecule has 0 radical (unpaired) electrons. The van der Waals surface area contributed by atoms with Crippen LogP contribution in [0.1, 0.15) is 48.2 Å². The van der Waals surface area contributed by atoms with Gasteiger partial charge in [0.05, 0.1) is 11.2 Å². The van der Waals surface area contributed by atoms with Crippen molar-refractivity contribution in [2.24, 2.45) is 0 Å². The van der Waals surface area contributed by atoms with Crippen LogP contribution in [0.2, 0.25) is 0 Å². The molecule has 3 rings (SSSR count). The van der Waals surface area contributed by atoms with Gasteiger partial charge in [0.25, 0.3) is 5.91 Å². The Kier molecular flexibility index (Phi) is 6.01. The first kappa shape index (κ1) is 16.7. The third-order valence-corrected chi connectivity index (χ3v) is 4.72. The van der Waals surface area contributed by atoms with Crippen LogP contribution in [-0.4, -0.2) is 17.4 Å². The molecule has 0 atom stereocenters. The lowest BCUT2D eigenvalue weighted by Crippen LogP contribution is -2.24. The average molecular weight is 342 g/mol. The number of rotatable bonds is 7. The molecule has 0 bridgehead atoms. The number of carbonyl (C=O) groups excluding carboxylic acids is 1. The molecule has 126 valence electrons. The maximum absolute atomic E-state index is 12.3. The van der Waals surface area contributed by atoms with Gasteiger partial charge in [0.1, 0.15) is 12.4 Å². The van der Waals surface area contributed by atoms with E-state index in [9.17, 15) is 4.79 Å². The van der Waals surface area contributed by atoms with Crippen molar-refractivity contribution in [3.8, 4) is 5.75 Å². The maximum Gasteiger partial charge on any atom is 0.251 e. The SMILES string of the molecule is O=C(NCCC1=CCCCC1)c1cccc(OCc2cscn2)c1. The van der Waals surface area contributed by atoms with E-state index in [2.05, 4.69) is 16.4 Å². The molecule has 24 heavy (non-hydrogen) atoms. The number of amides is 1. The summed E-state index contributed by atoms with van der Waals surface area (Å²) in [6, 6.07) is 7.29. The first-order valence-electron chi connectivity index (χ1n) is 8.37. The van der Waals surface area contributed by atoms with E-state index in [0.29, 0.717) is 24.5 Å². The minimum absolute atomic E-state index is 0.0504. The van der Waals surface area contributed by atoms with Gasteiger partial charge >= 0.3 is 0 Å². The number of carbonyl (C=O) groups is 1. The minimum Gasteiger partial charge on any atom is -0.487 e. The monoisotopic (exact) mass is 342 g/mol. The maximum atomic E-state index is 12.3. The van der Waals surface area contributed by atoms with Crippen LogP contribution in [0.4, 0.5) is 0 Å². The predicted octanol–water partition coefficient (Wildman–Crippen LogP) is 4.34. The molecule has 1 aromatic heterocycles. The van der Waals surface area contributed by atoms with Gasteiger partial charge in [0, 0.05) is 17.5 Å². The first-order valence-corrected chi connectivity index (χ1v) is 9.31. The smallest absolute Gasteiger partial charge is 0.251 e. The zero-order valence-electron chi connectivity index (χ0n) is 13.7. The first-order chi connectivity index (χ1) is 11.8. The topological polar surface area (TPSA) is 51.2 Å². The van der Waals surface area contributed by atoms with Gasteiger partial charge in [-0.25, -0.2) is 4.98 Å². The largest absolute Gasteiger partial charge is 0.487 e. The number of nitrogens with zero attached hydrogens (tertiary/aromatic N) is 1. The van der Waals surface area contributed by atoms with Crippen LogP contribution in [-0.2, 0) is 6.61 Å². The van der Waals surface area contributed by atoms with Crippen molar-refractivity contribution in [3.63, 3.8) is 0 Å². The lowest BCUT2D eigenvalue weighted by molar-refractivity contribution is 0.0953. The number of nitrogens with one attached hydrogen (secondary N) is 1. The summed E-state index contributed by atoms with van der Waals surface area (Å²) in [6.45, 7) is 1.11. The fraction of sp³-hybridized carbons (Fsp3) is 0.368. The Hall–Kier alpha value is -2.14. The molecule has 1 N–H and O–H groups in total. The van der Waals surface area contributed by atoms with Gasteiger partial charge < -0.3 is 10.1 Å². The number of allylic oxidation sites excluding steroid dienone is 1. The Labute approximate surface area is 146 Å². The molecule has 0 unspecified atom stereocenters. The second-order valence-electron chi connectivity index (χ2n) is 5.91. The Morgan fingerprint density at radius 3 is 3.08 bits per heavy atom. The summed E-state index contributed by atoms with van der Waals surface area (Å²) < 4.78 is 5.70. The third-order valence-electron chi connectivity index (χ3n) is 4.08. The van der Waals surface area contributed by atoms with E-state index in [-0.39, 0.29) is 5.91 Å². The minimum atomic E-state index is -0.0504. The highest BCUT2D eigenvalue weighted by Gasteiger charge is 2.08. The molecule has 0 saturated heterocycles. The van der Waals surface area contributed by atoms with Gasteiger partial charge in [-0.3, -0.25) is 4.79 Å². The van der Waals surface area contributed by atoms with E-state index in [0.717, 1.165) is 12.1 Å². The van der Waals surface area contributed by atoms with E-state index in [1.807, 2.05) is 23.6 Å². The highest BCUT2D eigenvalue weighted by atomic mass is 32.1. The Morgan fingerprint density at radius 1 is 1.33 bits per heavy atom. The Morgan fingerprint density at radius 2 is 2.29 bits per heavy atom. The van der Waals surface area contributed by atoms with Crippen LogP contribution in [0.15, 0.2) is 46.8 Å². The Balaban J connectivity index is 1.49. The number of aromatic nitrogens is 1. The van der Waals surface area contributed by atoms with E-state index in [1.165, 1.54) is 31.3 Å². The molecule has 5 heteroatoms. The molecule has 1 aliphatic carbocycles. The fourth-order valence-corrected chi connectivity index (χ4v) is 3.31. The van der Waals surface area contributed by atoms with Crippen molar-refractivity contribution < 1.29 is 9.53 Å². The molecule has 0 spiro atoms. The lowest BCUT2D eigenvalue weighted by atomic mass is 9.97. The number of hydrogen-bond acceptors (Lipinski definition) is 4. The van der Waals surface area contributed by atoms with Crippen molar-refractivity contribution in [3.05, 3.63) is 58.1 Å². The fourth-order valence-electron chi connectivity index (χ4n) is 2.76. The molecule has 1 aliphatic rings. The van der Waals surface area contributed by atoms with Crippen LogP contribution in [0.3, 0.4) is 0 Å². The average Bonchev–Trinajstić information content (AvgIpc) is 3.15. The van der Waals surface area contributed by atoms with Crippen LogP contribution >= 0.6 is 11.3 Å². The second-order valence-corrected chi connectivity index (χ2v) is 6.63. The van der Waals surface area contributed by atoms with Gasteiger partial charge in [0.15, 0.2) is 0 Å². The third kappa shape index (κ3) is 4.93. The molecular formula is C19H22N2O2S. The number of benzene rings is 1. The summed E-state index contributed by atoms with van der Waals surface area (Å²) in [5.74, 6) is 0.635. The highest BCUT2D eigenvalue weighted by Crippen LogP contribution is 2.19. The molecule has 2 aromatic rings. The van der Waals surface area contributed by atoms with Crippen molar-refractivity contribution in [1.82, 2.24) is 10.3 Å². The van der Waals surface area contributed by atoms with Gasteiger partial charge in [-0.05, 0) is 50.3 Å². The predicted molar refractivity (Wildman–Crippen MR) is 96.4 cm³/mol. The van der Waals surface area contributed by atoms with Crippen LogP contribution < -0.4 is 10.1 Å². The van der Waals surface area contributed by atoms with E-state index in [4.69, 9.17) is 4.74 Å². The van der Waals surface area contributed by atoms with Crippen molar-refractivity contribution in [2.45, 2.75) is 38.7 Å². The van der Waals surface area contributed by atoms with E-state index < -0.39 is 0 Å². The summed E-state index contributed by atoms with van der Waals surface area (Å²) in [4.78, 5) is 16.5. The quantitative estimate of drug-likeness (QED) is 0.761. The number of thiazole rings is 1. The lowest BCUT2D eigenvalue weighted by Gasteiger charge is -2.13. The van der Waals surface area contributed by atoms with Gasteiger partial charge in [-0.2, -0.15) is 0 Å². The summed E-state index contributed by atoms with van der Waals surface area (Å²) in [7, 11) is 0. The molecule has 1 amide bonds. The summed E-state index contributed by atoms with van der Waals surface area (Å²) in [6.07, 6.45) is 8.20.